The van der Waals surface area contributed by atoms with Gasteiger partial charge in [0, 0.05) is 6.20 Å². The van der Waals surface area contributed by atoms with Gasteiger partial charge in [-0.25, -0.2) is 4.98 Å². The molecule has 1 heterocycles. The first kappa shape index (κ1) is 11.2. The lowest BCUT2D eigenvalue weighted by Crippen LogP contribution is -2.28. The number of nitrogens with two attached hydrogens (primary N) is 1. The summed E-state index contributed by atoms with van der Waals surface area (Å²) >= 11 is 5.25. The summed E-state index contributed by atoms with van der Waals surface area (Å²) in [5.41, 5.74) is 4.47. The van der Waals surface area contributed by atoms with Gasteiger partial charge in [0.05, 0.1) is 5.02 Å². The van der Waals surface area contributed by atoms with Crippen LogP contribution in [0.5, 0.6) is 0 Å². The lowest BCUT2D eigenvalue weighted by atomic mass is 10.1. The van der Waals surface area contributed by atoms with Crippen LogP contribution in [0.15, 0.2) is 12.3 Å². The van der Waals surface area contributed by atoms with Crippen LogP contribution < -0.4 is 5.73 Å². The summed E-state index contributed by atoms with van der Waals surface area (Å²) in [6.07, 6.45) is -3.89. The summed E-state index contributed by atoms with van der Waals surface area (Å²) in [6, 6.07) is -1.39. The maximum atomic E-state index is 12.5. The molecule has 14 heavy (non-hydrogen) atoms. The molecular weight excluding hydrogens is 224 g/mol. The van der Waals surface area contributed by atoms with E-state index in [-0.39, 0.29) is 5.56 Å². The van der Waals surface area contributed by atoms with Crippen molar-refractivity contribution in [2.75, 3.05) is 0 Å². The van der Waals surface area contributed by atoms with E-state index in [1.54, 1.807) is 0 Å². The first-order valence-electron chi connectivity index (χ1n) is 3.45. The van der Waals surface area contributed by atoms with Gasteiger partial charge in [-0.15, -0.1) is 0 Å². The monoisotopic (exact) mass is 228 g/mol. The van der Waals surface area contributed by atoms with E-state index >= 15 is 0 Å². The van der Waals surface area contributed by atoms with Crippen LogP contribution in [0.25, 0.3) is 0 Å². The van der Waals surface area contributed by atoms with Gasteiger partial charge in [-0.05, 0) is 11.6 Å². The molecule has 78 valence electrons. The highest BCUT2D eigenvalue weighted by Gasteiger charge is 2.38. The summed E-state index contributed by atoms with van der Waals surface area (Å²) in [5.74, 6) is -1.02. The molecule has 0 spiro atoms. The van der Waals surface area contributed by atoms with Gasteiger partial charge in [0.1, 0.15) is 6.04 Å². The van der Waals surface area contributed by atoms with E-state index in [1.165, 1.54) is 0 Å². The fraction of sp³-hybridized carbons (Fsp3) is 0.286. The molecule has 2 nitrogen and oxygen atoms in total. The molecule has 0 unspecified atom stereocenters. The molecule has 0 aromatic carbocycles. The Labute approximate surface area is 81.7 Å². The van der Waals surface area contributed by atoms with Crippen molar-refractivity contribution in [3.63, 3.8) is 0 Å². The van der Waals surface area contributed by atoms with Crippen molar-refractivity contribution in [2.45, 2.75) is 12.2 Å². The number of hydrogen-bond donors (Lipinski definition) is 1. The Morgan fingerprint density at radius 2 is 2.00 bits per heavy atom. The van der Waals surface area contributed by atoms with Crippen molar-refractivity contribution in [2.24, 2.45) is 5.73 Å². The molecule has 0 saturated carbocycles. The van der Waals surface area contributed by atoms with Crippen LogP contribution in [0.1, 0.15) is 11.6 Å². The van der Waals surface area contributed by atoms with Crippen LogP contribution in [-0.4, -0.2) is 11.2 Å². The number of pyridine rings is 1. The van der Waals surface area contributed by atoms with Crippen molar-refractivity contribution in [3.8, 4) is 0 Å². The van der Waals surface area contributed by atoms with Crippen molar-refractivity contribution in [1.82, 2.24) is 4.98 Å². The van der Waals surface area contributed by atoms with Gasteiger partial charge in [0.2, 0.25) is 5.95 Å². The summed E-state index contributed by atoms with van der Waals surface area (Å²) in [6.45, 7) is 0. The van der Waals surface area contributed by atoms with Gasteiger partial charge < -0.3 is 5.73 Å². The average molecular weight is 229 g/mol. The maximum Gasteiger partial charge on any atom is 0.407 e. The van der Waals surface area contributed by atoms with Gasteiger partial charge in [0.15, 0.2) is 0 Å². The highest BCUT2D eigenvalue weighted by molar-refractivity contribution is 6.30. The van der Waals surface area contributed by atoms with E-state index in [1.807, 2.05) is 0 Å². The van der Waals surface area contributed by atoms with E-state index in [2.05, 4.69) is 4.98 Å². The van der Waals surface area contributed by atoms with Crippen LogP contribution in [-0.2, 0) is 0 Å². The fourth-order valence-electron chi connectivity index (χ4n) is 0.795. The maximum absolute atomic E-state index is 12.5. The molecule has 0 fully saturated rings. The van der Waals surface area contributed by atoms with Crippen LogP contribution in [0.3, 0.4) is 0 Å². The number of aromatic nitrogens is 1. The first-order valence-corrected chi connectivity index (χ1v) is 3.83. The Morgan fingerprint density at radius 1 is 1.43 bits per heavy atom. The second-order valence-electron chi connectivity index (χ2n) is 2.56. The Bertz CT molecular complexity index is 339. The highest BCUT2D eigenvalue weighted by Crippen LogP contribution is 2.31. The average Bonchev–Trinajstić information content (AvgIpc) is 2.07. The van der Waals surface area contributed by atoms with Gasteiger partial charge in [-0.1, -0.05) is 11.6 Å². The molecule has 1 rings (SSSR count). The second kappa shape index (κ2) is 3.70. The summed E-state index contributed by atoms with van der Waals surface area (Å²) in [4.78, 5) is 3.03. The zero-order valence-electron chi connectivity index (χ0n) is 6.65. The van der Waals surface area contributed by atoms with Crippen LogP contribution in [0, 0.1) is 5.95 Å². The van der Waals surface area contributed by atoms with Gasteiger partial charge in [-0.3, -0.25) is 0 Å². The minimum atomic E-state index is -4.59. The zero-order chi connectivity index (χ0) is 10.9. The Kier molecular flexibility index (Phi) is 2.96. The van der Waals surface area contributed by atoms with Crippen LogP contribution in [0.2, 0.25) is 5.02 Å². The van der Waals surface area contributed by atoms with Crippen molar-refractivity contribution >= 4 is 11.6 Å². The molecule has 0 saturated heterocycles. The fourth-order valence-corrected chi connectivity index (χ4v) is 0.970. The minimum Gasteiger partial charge on any atom is -0.316 e. The molecule has 0 bridgehead atoms. The topological polar surface area (TPSA) is 38.9 Å². The molecule has 1 atom stereocenters. The molecule has 2 N–H and O–H groups in total. The quantitative estimate of drug-likeness (QED) is 0.592. The Hall–Kier alpha value is -0.880. The molecular formula is C7H5ClF4N2. The van der Waals surface area contributed by atoms with E-state index < -0.39 is 23.2 Å². The Balaban J connectivity index is 3.03. The standard InChI is InChI=1S/C7H5ClF4N2/c8-4-1-3(2-14-6(4)9)5(13)7(10,11)12/h1-2,5H,13H2/t5-/m0/s1. The third-order valence-electron chi connectivity index (χ3n) is 1.53. The number of rotatable bonds is 1. The largest absolute Gasteiger partial charge is 0.407 e. The molecule has 0 aliphatic heterocycles. The summed E-state index contributed by atoms with van der Waals surface area (Å²) in [7, 11) is 0. The van der Waals surface area contributed by atoms with Crippen LogP contribution >= 0.6 is 11.6 Å². The molecule has 7 heteroatoms. The van der Waals surface area contributed by atoms with Crippen molar-refractivity contribution in [3.05, 3.63) is 28.8 Å². The van der Waals surface area contributed by atoms with E-state index in [0.29, 0.717) is 6.20 Å². The normalized spacial score (nSPS) is 14.1. The predicted octanol–water partition coefficient (Wildman–Crippen LogP) is 2.44. The summed E-state index contributed by atoms with van der Waals surface area (Å²) < 4.78 is 48.7. The highest BCUT2D eigenvalue weighted by atomic mass is 35.5. The lowest BCUT2D eigenvalue weighted by Gasteiger charge is -2.15. The van der Waals surface area contributed by atoms with Crippen molar-refractivity contribution in [1.29, 1.82) is 0 Å². The third-order valence-corrected chi connectivity index (χ3v) is 1.79. The van der Waals surface area contributed by atoms with Crippen LogP contribution in [0.4, 0.5) is 17.6 Å². The molecule has 0 radical (unpaired) electrons. The smallest absolute Gasteiger partial charge is 0.316 e. The molecule has 1 aromatic rings. The second-order valence-corrected chi connectivity index (χ2v) is 2.97. The van der Waals surface area contributed by atoms with Gasteiger partial charge in [0.25, 0.3) is 0 Å². The third kappa shape index (κ3) is 2.33. The molecule has 1 aromatic heterocycles. The van der Waals surface area contributed by atoms with E-state index in [0.717, 1.165) is 6.07 Å². The number of halogens is 5. The number of hydrogen-bond acceptors (Lipinski definition) is 2. The predicted molar refractivity (Wildman–Crippen MR) is 42.2 cm³/mol. The van der Waals surface area contributed by atoms with Crippen molar-refractivity contribution < 1.29 is 17.6 Å². The number of alkyl halides is 3. The first-order chi connectivity index (χ1) is 6.32. The van der Waals surface area contributed by atoms with Gasteiger partial charge in [-0.2, -0.15) is 17.6 Å². The lowest BCUT2D eigenvalue weighted by molar-refractivity contribution is -0.149. The Morgan fingerprint density at radius 3 is 2.43 bits per heavy atom. The zero-order valence-corrected chi connectivity index (χ0v) is 7.40. The molecule has 0 aliphatic rings. The van der Waals surface area contributed by atoms with E-state index in [9.17, 15) is 17.6 Å². The minimum absolute atomic E-state index is 0.371. The SMILES string of the molecule is N[C@@H](c1cnc(F)c(Cl)c1)C(F)(F)F. The van der Waals surface area contributed by atoms with E-state index in [4.69, 9.17) is 17.3 Å². The number of nitrogens with zero attached hydrogens (tertiary/aromatic N) is 1. The summed E-state index contributed by atoms with van der Waals surface area (Å²) in [5, 5.41) is -0.484. The van der Waals surface area contributed by atoms with Gasteiger partial charge >= 0.3 is 6.18 Å². The molecule has 0 amide bonds. The molecule has 0 aliphatic carbocycles.